The Morgan fingerprint density at radius 1 is 1.50 bits per heavy atom. The quantitative estimate of drug-likeness (QED) is 0.689. The minimum atomic E-state index is 0.209. The van der Waals surface area contributed by atoms with Crippen LogP contribution in [0.1, 0.15) is 18.5 Å². The Hall–Kier alpha value is -1.32. The number of carbonyl (C=O) groups is 1. The van der Waals surface area contributed by atoms with Gasteiger partial charge in [-0.2, -0.15) is 5.10 Å². The van der Waals surface area contributed by atoms with E-state index < -0.39 is 0 Å². The highest BCUT2D eigenvalue weighted by molar-refractivity contribution is 5.78. The van der Waals surface area contributed by atoms with Crippen molar-refractivity contribution in [2.24, 2.45) is 7.05 Å². The lowest BCUT2D eigenvalue weighted by Crippen LogP contribution is -2.29. The van der Waals surface area contributed by atoms with Crippen LogP contribution in [0.15, 0.2) is 12.3 Å². The summed E-state index contributed by atoms with van der Waals surface area (Å²) in [6.07, 6.45) is 4.61. The highest BCUT2D eigenvalue weighted by Gasteiger charge is 2.18. The fourth-order valence-electron chi connectivity index (χ4n) is 1.79. The minimum absolute atomic E-state index is 0.209. The van der Waals surface area contributed by atoms with E-state index in [-0.39, 0.29) is 5.91 Å². The van der Waals surface area contributed by atoms with Gasteiger partial charge in [-0.15, -0.1) is 0 Å². The predicted molar refractivity (Wildman–Crippen MR) is 52.7 cm³/mol. The third-order valence-corrected chi connectivity index (χ3v) is 2.56. The van der Waals surface area contributed by atoms with Gasteiger partial charge < -0.3 is 4.90 Å². The molecule has 14 heavy (non-hydrogen) atoms. The summed E-state index contributed by atoms with van der Waals surface area (Å²) in [5.74, 6) is 0.209. The highest BCUT2D eigenvalue weighted by atomic mass is 16.2. The SMILES string of the molecule is Cn1ccc(CC(=O)N2CCCC2)n1. The molecular formula is C10H15N3O. The molecule has 4 heteroatoms. The molecule has 2 heterocycles. The monoisotopic (exact) mass is 193 g/mol. The second-order valence-corrected chi connectivity index (χ2v) is 3.75. The Morgan fingerprint density at radius 3 is 2.79 bits per heavy atom. The van der Waals surface area contributed by atoms with E-state index in [2.05, 4.69) is 5.10 Å². The second kappa shape index (κ2) is 3.82. The zero-order chi connectivity index (χ0) is 9.97. The number of amides is 1. The van der Waals surface area contributed by atoms with E-state index in [0.29, 0.717) is 6.42 Å². The van der Waals surface area contributed by atoms with E-state index in [1.54, 1.807) is 4.68 Å². The van der Waals surface area contributed by atoms with Crippen molar-refractivity contribution < 1.29 is 4.79 Å². The Morgan fingerprint density at radius 2 is 2.21 bits per heavy atom. The average Bonchev–Trinajstić information content (AvgIpc) is 2.75. The molecule has 76 valence electrons. The van der Waals surface area contributed by atoms with Crippen molar-refractivity contribution in [3.8, 4) is 0 Å². The first-order valence-electron chi connectivity index (χ1n) is 5.02. The molecule has 0 unspecified atom stereocenters. The van der Waals surface area contributed by atoms with E-state index in [1.165, 1.54) is 0 Å². The average molecular weight is 193 g/mol. The van der Waals surface area contributed by atoms with E-state index in [0.717, 1.165) is 31.6 Å². The van der Waals surface area contributed by atoms with Gasteiger partial charge in [0.2, 0.25) is 5.91 Å². The smallest absolute Gasteiger partial charge is 0.228 e. The predicted octanol–water partition coefficient (Wildman–Crippen LogP) is 0.585. The van der Waals surface area contributed by atoms with Gasteiger partial charge in [-0.3, -0.25) is 9.48 Å². The Kier molecular flexibility index (Phi) is 2.52. The lowest BCUT2D eigenvalue weighted by Gasteiger charge is -2.13. The highest BCUT2D eigenvalue weighted by Crippen LogP contribution is 2.09. The van der Waals surface area contributed by atoms with Crippen LogP contribution in [0.25, 0.3) is 0 Å². The van der Waals surface area contributed by atoms with Gasteiger partial charge in [0.15, 0.2) is 0 Å². The van der Waals surface area contributed by atoms with Gasteiger partial charge in [0.1, 0.15) is 0 Å². The molecule has 0 saturated carbocycles. The number of rotatable bonds is 2. The normalized spacial score (nSPS) is 16.2. The molecule has 1 aliphatic heterocycles. The lowest BCUT2D eigenvalue weighted by molar-refractivity contribution is -0.129. The van der Waals surface area contributed by atoms with Crippen LogP contribution in [0.2, 0.25) is 0 Å². The molecular weight excluding hydrogens is 178 g/mol. The van der Waals surface area contributed by atoms with Gasteiger partial charge in [-0.25, -0.2) is 0 Å². The number of aryl methyl sites for hydroxylation is 1. The maximum Gasteiger partial charge on any atom is 0.228 e. The van der Waals surface area contributed by atoms with Crippen LogP contribution in [-0.4, -0.2) is 33.7 Å². The first-order chi connectivity index (χ1) is 6.75. The fourth-order valence-corrected chi connectivity index (χ4v) is 1.79. The van der Waals surface area contributed by atoms with E-state index in [1.807, 2.05) is 24.2 Å². The summed E-state index contributed by atoms with van der Waals surface area (Å²) in [4.78, 5) is 13.6. The molecule has 1 aliphatic rings. The van der Waals surface area contributed by atoms with Crippen molar-refractivity contribution in [3.05, 3.63) is 18.0 Å². The maximum absolute atomic E-state index is 11.7. The first-order valence-corrected chi connectivity index (χ1v) is 5.02. The molecule has 0 aromatic carbocycles. The zero-order valence-corrected chi connectivity index (χ0v) is 8.44. The Labute approximate surface area is 83.5 Å². The summed E-state index contributed by atoms with van der Waals surface area (Å²) >= 11 is 0. The van der Waals surface area contributed by atoms with Gasteiger partial charge in [0.05, 0.1) is 12.1 Å². The van der Waals surface area contributed by atoms with Gasteiger partial charge in [-0.1, -0.05) is 0 Å². The van der Waals surface area contributed by atoms with Gasteiger partial charge >= 0.3 is 0 Å². The van der Waals surface area contributed by atoms with Crippen LogP contribution >= 0.6 is 0 Å². The Bertz CT molecular complexity index is 326. The zero-order valence-electron chi connectivity index (χ0n) is 8.44. The standard InChI is InChI=1S/C10H15N3O/c1-12-7-4-9(11-12)8-10(14)13-5-2-3-6-13/h4,7H,2-3,5-6,8H2,1H3. The van der Waals surface area contributed by atoms with Crippen LogP contribution in [0.3, 0.4) is 0 Å². The molecule has 1 fully saturated rings. The number of likely N-dealkylation sites (tertiary alicyclic amines) is 1. The van der Waals surface area contributed by atoms with Crippen LogP contribution in [-0.2, 0) is 18.3 Å². The van der Waals surface area contributed by atoms with Crippen molar-refractivity contribution >= 4 is 5.91 Å². The van der Waals surface area contributed by atoms with Crippen LogP contribution < -0.4 is 0 Å². The molecule has 0 bridgehead atoms. The van der Waals surface area contributed by atoms with Crippen LogP contribution in [0.4, 0.5) is 0 Å². The summed E-state index contributed by atoms with van der Waals surface area (Å²) < 4.78 is 1.73. The van der Waals surface area contributed by atoms with E-state index >= 15 is 0 Å². The topological polar surface area (TPSA) is 38.1 Å². The van der Waals surface area contributed by atoms with Crippen molar-refractivity contribution in [3.63, 3.8) is 0 Å². The third-order valence-electron chi connectivity index (χ3n) is 2.56. The molecule has 0 spiro atoms. The first kappa shape index (κ1) is 9.24. The Balaban J connectivity index is 1.93. The lowest BCUT2D eigenvalue weighted by atomic mass is 10.3. The molecule has 0 aliphatic carbocycles. The number of hydrogen-bond donors (Lipinski definition) is 0. The second-order valence-electron chi connectivity index (χ2n) is 3.75. The summed E-state index contributed by atoms with van der Waals surface area (Å²) in [7, 11) is 1.86. The van der Waals surface area contributed by atoms with Crippen molar-refractivity contribution in [2.45, 2.75) is 19.3 Å². The summed E-state index contributed by atoms with van der Waals surface area (Å²) in [5, 5.41) is 4.19. The maximum atomic E-state index is 11.7. The summed E-state index contributed by atoms with van der Waals surface area (Å²) in [6, 6.07) is 1.90. The molecule has 0 N–H and O–H groups in total. The summed E-state index contributed by atoms with van der Waals surface area (Å²) in [6.45, 7) is 1.84. The summed E-state index contributed by atoms with van der Waals surface area (Å²) in [5.41, 5.74) is 0.865. The van der Waals surface area contributed by atoms with Crippen molar-refractivity contribution in [2.75, 3.05) is 13.1 Å². The number of nitrogens with zero attached hydrogens (tertiary/aromatic N) is 3. The van der Waals surface area contributed by atoms with Gasteiger partial charge in [0.25, 0.3) is 0 Å². The van der Waals surface area contributed by atoms with Crippen LogP contribution in [0.5, 0.6) is 0 Å². The van der Waals surface area contributed by atoms with Crippen molar-refractivity contribution in [1.29, 1.82) is 0 Å². The minimum Gasteiger partial charge on any atom is -0.342 e. The van der Waals surface area contributed by atoms with Gasteiger partial charge in [0, 0.05) is 26.3 Å². The molecule has 1 saturated heterocycles. The molecule has 1 aromatic rings. The van der Waals surface area contributed by atoms with E-state index in [9.17, 15) is 4.79 Å². The third kappa shape index (κ3) is 1.95. The molecule has 4 nitrogen and oxygen atoms in total. The number of carbonyl (C=O) groups excluding carboxylic acids is 1. The molecule has 1 amide bonds. The largest absolute Gasteiger partial charge is 0.342 e. The van der Waals surface area contributed by atoms with E-state index in [4.69, 9.17) is 0 Å². The molecule has 0 atom stereocenters. The van der Waals surface area contributed by atoms with Gasteiger partial charge in [-0.05, 0) is 18.9 Å². The molecule has 1 aromatic heterocycles. The number of hydrogen-bond acceptors (Lipinski definition) is 2. The molecule has 0 radical (unpaired) electrons. The fraction of sp³-hybridized carbons (Fsp3) is 0.600. The molecule has 2 rings (SSSR count). The van der Waals surface area contributed by atoms with Crippen molar-refractivity contribution in [1.82, 2.24) is 14.7 Å². The van der Waals surface area contributed by atoms with Crippen LogP contribution in [0, 0.1) is 0 Å². The number of aromatic nitrogens is 2.